The molecule has 5 nitrogen and oxygen atoms in total. The highest BCUT2D eigenvalue weighted by Gasteiger charge is 2.10. The second-order valence-electron chi connectivity index (χ2n) is 4.28. The van der Waals surface area contributed by atoms with Gasteiger partial charge in [-0.1, -0.05) is 0 Å². The third-order valence-corrected chi connectivity index (χ3v) is 2.89. The molecule has 2 aromatic heterocycles. The molecule has 2 rings (SSSR count). The number of aryl methyl sites for hydroxylation is 1. The van der Waals surface area contributed by atoms with Crippen LogP contribution in [0.1, 0.15) is 34.6 Å². The average molecular weight is 257 g/mol. The van der Waals surface area contributed by atoms with Crippen LogP contribution in [0.2, 0.25) is 0 Å². The van der Waals surface area contributed by atoms with E-state index >= 15 is 0 Å². The Kier molecular flexibility index (Phi) is 3.75. The van der Waals surface area contributed by atoms with E-state index in [1.807, 2.05) is 19.1 Å². The molecule has 0 aromatic carbocycles. The smallest absolute Gasteiger partial charge is 0.337 e. The monoisotopic (exact) mass is 257 g/mol. The minimum Gasteiger partial charge on any atom is -0.478 e. The van der Waals surface area contributed by atoms with Crippen LogP contribution in [-0.4, -0.2) is 21.0 Å². The van der Waals surface area contributed by atoms with Crippen molar-refractivity contribution >= 4 is 11.8 Å². The van der Waals surface area contributed by atoms with E-state index in [1.54, 1.807) is 31.5 Å². The topological polar surface area (TPSA) is 75.1 Å². The zero-order chi connectivity index (χ0) is 13.8. The first-order valence-electron chi connectivity index (χ1n) is 5.95. The molecule has 0 spiro atoms. The maximum Gasteiger partial charge on any atom is 0.337 e. The van der Waals surface area contributed by atoms with Crippen LogP contribution in [0.4, 0.5) is 5.82 Å². The first kappa shape index (κ1) is 13.0. The number of pyridine rings is 2. The molecule has 1 unspecified atom stereocenters. The lowest BCUT2D eigenvalue weighted by Crippen LogP contribution is -2.10. The van der Waals surface area contributed by atoms with Gasteiger partial charge in [-0.2, -0.15) is 0 Å². The summed E-state index contributed by atoms with van der Waals surface area (Å²) in [7, 11) is 0. The zero-order valence-electron chi connectivity index (χ0n) is 10.8. The second kappa shape index (κ2) is 5.48. The van der Waals surface area contributed by atoms with Crippen LogP contribution in [0.25, 0.3) is 0 Å². The molecule has 0 saturated carbocycles. The molecule has 0 aliphatic rings. The maximum absolute atomic E-state index is 10.9. The molecular formula is C14H15N3O2. The van der Waals surface area contributed by atoms with Crippen molar-refractivity contribution in [3.63, 3.8) is 0 Å². The Morgan fingerprint density at radius 1 is 1.26 bits per heavy atom. The molecular weight excluding hydrogens is 242 g/mol. The molecule has 1 atom stereocenters. The van der Waals surface area contributed by atoms with Crippen molar-refractivity contribution in [2.24, 2.45) is 0 Å². The van der Waals surface area contributed by atoms with E-state index in [9.17, 15) is 4.79 Å². The van der Waals surface area contributed by atoms with Crippen LogP contribution in [0.15, 0.2) is 36.7 Å². The van der Waals surface area contributed by atoms with Gasteiger partial charge in [-0.05, 0) is 43.7 Å². The fourth-order valence-electron chi connectivity index (χ4n) is 1.82. The van der Waals surface area contributed by atoms with Gasteiger partial charge in [0.05, 0.1) is 17.3 Å². The van der Waals surface area contributed by atoms with E-state index in [2.05, 4.69) is 15.3 Å². The van der Waals surface area contributed by atoms with Crippen LogP contribution >= 0.6 is 0 Å². The molecule has 2 N–H and O–H groups in total. The Morgan fingerprint density at radius 3 is 2.53 bits per heavy atom. The molecule has 0 amide bonds. The number of hydrogen-bond acceptors (Lipinski definition) is 4. The van der Waals surface area contributed by atoms with Gasteiger partial charge in [0.25, 0.3) is 0 Å². The van der Waals surface area contributed by atoms with Gasteiger partial charge in [0.15, 0.2) is 0 Å². The van der Waals surface area contributed by atoms with Gasteiger partial charge in [-0.3, -0.25) is 4.98 Å². The lowest BCUT2D eigenvalue weighted by Gasteiger charge is -2.15. The summed E-state index contributed by atoms with van der Waals surface area (Å²) in [5.41, 5.74) is 1.82. The van der Waals surface area contributed by atoms with Crippen LogP contribution in [-0.2, 0) is 0 Å². The molecule has 98 valence electrons. The molecule has 19 heavy (non-hydrogen) atoms. The zero-order valence-corrected chi connectivity index (χ0v) is 10.8. The summed E-state index contributed by atoms with van der Waals surface area (Å²) >= 11 is 0. The van der Waals surface area contributed by atoms with Gasteiger partial charge in [0.2, 0.25) is 0 Å². The number of nitrogens with zero attached hydrogens (tertiary/aromatic N) is 2. The number of aromatic carboxylic acids is 1. The second-order valence-corrected chi connectivity index (χ2v) is 4.28. The van der Waals surface area contributed by atoms with E-state index in [0.29, 0.717) is 11.5 Å². The minimum atomic E-state index is -0.960. The quantitative estimate of drug-likeness (QED) is 0.880. The predicted octanol–water partition coefficient (Wildman–Crippen LogP) is 2.66. The normalized spacial score (nSPS) is 11.9. The van der Waals surface area contributed by atoms with Gasteiger partial charge in [-0.25, -0.2) is 9.78 Å². The first-order valence-corrected chi connectivity index (χ1v) is 5.95. The van der Waals surface area contributed by atoms with E-state index in [0.717, 1.165) is 5.56 Å². The van der Waals surface area contributed by atoms with Crippen molar-refractivity contribution in [2.75, 3.05) is 5.32 Å². The summed E-state index contributed by atoms with van der Waals surface area (Å²) in [6, 6.07) is 7.16. The van der Waals surface area contributed by atoms with Crippen LogP contribution in [0.3, 0.4) is 0 Å². The fourth-order valence-corrected chi connectivity index (χ4v) is 1.82. The largest absolute Gasteiger partial charge is 0.478 e. The Bertz CT molecular complexity index is 584. The maximum atomic E-state index is 10.9. The molecule has 0 aliphatic heterocycles. The Hall–Kier alpha value is -2.43. The number of anilines is 1. The third kappa shape index (κ3) is 3.07. The number of carbonyl (C=O) groups is 1. The number of hydrogen-bond donors (Lipinski definition) is 2. The molecule has 0 aliphatic carbocycles. The molecule has 0 fully saturated rings. The van der Waals surface area contributed by atoms with Gasteiger partial charge in [0.1, 0.15) is 5.82 Å². The summed E-state index contributed by atoms with van der Waals surface area (Å²) < 4.78 is 0. The highest BCUT2D eigenvalue weighted by atomic mass is 16.4. The third-order valence-electron chi connectivity index (χ3n) is 2.89. The summed E-state index contributed by atoms with van der Waals surface area (Å²) in [5.74, 6) is -0.300. The van der Waals surface area contributed by atoms with E-state index < -0.39 is 5.97 Å². The number of rotatable bonds is 4. The SMILES string of the molecule is Cc1nc(NC(C)c2ccncc2)ccc1C(=O)O. The van der Waals surface area contributed by atoms with Gasteiger partial charge >= 0.3 is 5.97 Å². The van der Waals surface area contributed by atoms with Crippen LogP contribution in [0.5, 0.6) is 0 Å². The van der Waals surface area contributed by atoms with Crippen LogP contribution in [0, 0.1) is 6.92 Å². The predicted molar refractivity (Wildman–Crippen MR) is 72.2 cm³/mol. The van der Waals surface area contributed by atoms with Gasteiger partial charge in [0, 0.05) is 12.4 Å². The molecule has 2 heterocycles. The van der Waals surface area contributed by atoms with Crippen molar-refractivity contribution in [3.05, 3.63) is 53.5 Å². The van der Waals surface area contributed by atoms with Gasteiger partial charge in [-0.15, -0.1) is 0 Å². The Balaban J connectivity index is 2.16. The van der Waals surface area contributed by atoms with E-state index in [1.165, 1.54) is 0 Å². The molecule has 0 saturated heterocycles. The Morgan fingerprint density at radius 2 is 1.95 bits per heavy atom. The lowest BCUT2D eigenvalue weighted by molar-refractivity contribution is 0.0695. The summed E-state index contributed by atoms with van der Waals surface area (Å²) in [4.78, 5) is 19.1. The molecule has 5 heteroatoms. The Labute approximate surface area is 111 Å². The van der Waals surface area contributed by atoms with Crippen molar-refractivity contribution in [3.8, 4) is 0 Å². The lowest BCUT2D eigenvalue weighted by atomic mass is 10.1. The number of aromatic nitrogens is 2. The minimum absolute atomic E-state index is 0.0746. The number of carboxylic acid groups (broad SMARTS) is 1. The molecule has 2 aromatic rings. The summed E-state index contributed by atoms with van der Waals surface area (Å²) in [5, 5.41) is 12.2. The fraction of sp³-hybridized carbons (Fsp3) is 0.214. The van der Waals surface area contributed by atoms with Crippen molar-refractivity contribution in [1.82, 2.24) is 9.97 Å². The first-order chi connectivity index (χ1) is 9.08. The van der Waals surface area contributed by atoms with Crippen LogP contribution < -0.4 is 5.32 Å². The average Bonchev–Trinajstić information content (AvgIpc) is 2.39. The standard InChI is InChI=1S/C14H15N3O2/c1-9(11-5-7-15-8-6-11)16-13-4-3-12(14(18)19)10(2)17-13/h3-9H,1-2H3,(H,16,17)(H,18,19). The number of carboxylic acids is 1. The number of nitrogens with one attached hydrogen (secondary N) is 1. The molecule has 0 bridgehead atoms. The highest BCUT2D eigenvalue weighted by molar-refractivity contribution is 5.89. The summed E-state index contributed by atoms with van der Waals surface area (Å²) in [6.07, 6.45) is 3.47. The highest BCUT2D eigenvalue weighted by Crippen LogP contribution is 2.18. The van der Waals surface area contributed by atoms with E-state index in [-0.39, 0.29) is 11.6 Å². The van der Waals surface area contributed by atoms with Crippen molar-refractivity contribution in [1.29, 1.82) is 0 Å². The van der Waals surface area contributed by atoms with Crippen molar-refractivity contribution < 1.29 is 9.90 Å². The summed E-state index contributed by atoms with van der Waals surface area (Å²) in [6.45, 7) is 3.70. The van der Waals surface area contributed by atoms with Gasteiger partial charge < -0.3 is 10.4 Å². The van der Waals surface area contributed by atoms with Crippen molar-refractivity contribution in [2.45, 2.75) is 19.9 Å². The van der Waals surface area contributed by atoms with E-state index in [4.69, 9.17) is 5.11 Å². The molecule has 0 radical (unpaired) electrons.